The van der Waals surface area contributed by atoms with Crippen LogP contribution in [0, 0.1) is 20.8 Å². The van der Waals surface area contributed by atoms with Crippen molar-refractivity contribution < 1.29 is 14.3 Å². The van der Waals surface area contributed by atoms with Crippen LogP contribution in [-0.4, -0.2) is 66.0 Å². The van der Waals surface area contributed by atoms with Crippen molar-refractivity contribution in [1.29, 1.82) is 0 Å². The van der Waals surface area contributed by atoms with Crippen molar-refractivity contribution in [3.05, 3.63) is 133 Å². The molecule has 0 unspecified atom stereocenters. The second-order valence-electron chi connectivity index (χ2n) is 22.2. The third-order valence-corrected chi connectivity index (χ3v) is 33.4. The third kappa shape index (κ3) is 15.7. The number of fused-ring (bicyclic) bond motifs is 3. The molecule has 6 heterocycles. The summed E-state index contributed by atoms with van der Waals surface area (Å²) >= 11 is 19.3. The van der Waals surface area contributed by atoms with Gasteiger partial charge in [-0.25, -0.2) is 15.0 Å². The first-order valence-corrected chi connectivity index (χ1v) is 39.1. The predicted octanol–water partition coefficient (Wildman–Crippen LogP) is 18.3. The number of aryl methyl sites for hydroxylation is 3. The van der Waals surface area contributed by atoms with Gasteiger partial charge in [0.1, 0.15) is 21.2 Å². The minimum Gasteiger partial charge on any atom is -0.304 e. The molecule has 12 nitrogen and oxygen atoms in total. The largest absolute Gasteiger partial charge is 0.304 e. The second-order valence-corrected chi connectivity index (χ2v) is 37.3. The van der Waals surface area contributed by atoms with Crippen molar-refractivity contribution in [1.82, 2.24) is 28.7 Å². The van der Waals surface area contributed by atoms with Gasteiger partial charge in [-0.2, -0.15) is 0 Å². The average Bonchev–Trinajstić information content (AvgIpc) is 4.34. The third-order valence-electron chi connectivity index (χ3n) is 16.8. The monoisotopic (exact) mass is 1340 g/mol. The van der Waals surface area contributed by atoms with E-state index >= 15 is 0 Å². The predicted molar refractivity (Wildman–Crippen MR) is 344 cm³/mol. The molecule has 17 heteroatoms. The number of carbonyl (C=O) groups excluding carboxylic acids is 1. The van der Waals surface area contributed by atoms with Crippen LogP contribution in [0.4, 0.5) is 0 Å². The van der Waals surface area contributed by atoms with Gasteiger partial charge in [-0.3, -0.25) is 19.2 Å². The van der Waals surface area contributed by atoms with Gasteiger partial charge in [0, 0.05) is 52.9 Å². The van der Waals surface area contributed by atoms with Crippen molar-refractivity contribution in [3.8, 4) is 0 Å². The number of nitrogens with zero attached hydrogens (tertiary/aromatic N) is 6. The Balaban J connectivity index is 0.000000175. The van der Waals surface area contributed by atoms with Gasteiger partial charge in [0.2, 0.25) is 0 Å². The number of ketones is 1. The fourth-order valence-electron chi connectivity index (χ4n) is 12.5. The van der Waals surface area contributed by atoms with Gasteiger partial charge in [-0.15, -0.1) is 0 Å². The van der Waals surface area contributed by atoms with E-state index < -0.39 is 18.4 Å². The van der Waals surface area contributed by atoms with Crippen LogP contribution < -0.4 is 16.7 Å². The average molecular weight is 1340 g/mol. The number of halogens is 4. The van der Waals surface area contributed by atoms with Crippen molar-refractivity contribution in [2.24, 2.45) is 0 Å². The minimum atomic E-state index is -2.24. The number of rotatable bonds is 19. The maximum Gasteiger partial charge on any atom is 0.265 e. The van der Waals surface area contributed by atoms with Gasteiger partial charge in [-0.05, 0) is 124 Å². The molecule has 0 amide bonds. The summed E-state index contributed by atoms with van der Waals surface area (Å²) in [5, 5.41) is 3.94. The molecule has 81 heavy (non-hydrogen) atoms. The first-order chi connectivity index (χ1) is 38.8. The standard InChI is InChI=1S/C18H21ClN2O2.C16H17ClN2O2.C14H14BrClN2O.C4H7O.3C4H9.Sn/c1-4-23-12(3)17-11(2)14-10-20-16(19)9-15(14)21(18(17)22)13-7-5-6-8-13;1-9-12-8-18-14(17)7-13(12)19(11-5-3-4-6-11)16(21)15(9)10(2)20;1-8-10-7-17-12(16)6-11(10)18(14(19)13(8)15)9-4-2-3-5-9;1-3-5-4-2;3*1-3-4-2;/h9-10,13H,3-8H2,1-2H3;7-8,11H,3-6H2,1-2H3;6-7,9H,2-5H2,1H3;1,4H2,2H3;3*1,3-4H2,2H3;. The van der Waals surface area contributed by atoms with Crippen LogP contribution in [0.25, 0.3) is 38.5 Å². The summed E-state index contributed by atoms with van der Waals surface area (Å²) in [6.07, 6.45) is 26.2. The van der Waals surface area contributed by atoms with Crippen molar-refractivity contribution in [3.63, 3.8) is 0 Å². The zero-order valence-corrected chi connectivity index (χ0v) is 56.2. The number of carbonyl (C=O) groups is 1. The molecule has 0 atom stereocenters. The second kappa shape index (κ2) is 31.2. The molecule has 0 N–H and O–H groups in total. The van der Waals surface area contributed by atoms with Crippen LogP contribution in [-0.2, 0) is 9.47 Å². The van der Waals surface area contributed by atoms with Crippen LogP contribution in [0.2, 0.25) is 28.8 Å². The van der Waals surface area contributed by atoms with Crippen LogP contribution in [0.5, 0.6) is 0 Å². The van der Waals surface area contributed by atoms with E-state index in [-0.39, 0.29) is 46.2 Å². The molecule has 3 saturated carbocycles. The molecule has 0 aliphatic heterocycles. The Morgan fingerprint density at radius 2 is 0.901 bits per heavy atom. The molecule has 9 rings (SSSR count). The van der Waals surface area contributed by atoms with E-state index in [0.29, 0.717) is 43.4 Å². The zero-order chi connectivity index (χ0) is 59.1. The van der Waals surface area contributed by atoms with Crippen LogP contribution in [0.15, 0.2) is 72.6 Å². The maximum atomic E-state index is 13.2. The molecule has 0 aromatic carbocycles. The molecule has 0 spiro atoms. The number of ether oxygens (including phenoxy) is 2. The molecule has 0 saturated heterocycles. The van der Waals surface area contributed by atoms with E-state index in [0.717, 1.165) is 115 Å². The number of Topliss-reactive ketones (excluding diaryl/α,β-unsaturated/α-hetero) is 1. The van der Waals surface area contributed by atoms with E-state index in [1.807, 2.05) is 29.9 Å². The quantitative estimate of drug-likeness (QED) is 0.0335. The van der Waals surface area contributed by atoms with Crippen molar-refractivity contribution in [2.45, 2.75) is 209 Å². The fraction of sp³-hybridized carbons (Fsp3) is 0.547. The number of pyridine rings is 6. The first kappa shape index (κ1) is 66.1. The van der Waals surface area contributed by atoms with Crippen LogP contribution in [0.1, 0.15) is 208 Å². The van der Waals surface area contributed by atoms with E-state index in [1.165, 1.54) is 75.4 Å². The SMILES string of the molecule is C=C(OCC)c1c(C)c2cnc(Cl)cc2n(C2CCCC2)c1=O.C=[C](OCC)[Sn]([CH2]CCC)([CH2]CCC)[CH2]CCC.CC(=O)c1c(C)c2cnc(Cl)cc2n(C2CCCC2)c1=O.Cc1c(Br)c(=O)n(C2CCCC2)c2cc(Cl)ncc12. The van der Waals surface area contributed by atoms with Gasteiger partial charge >= 0.3 is 120 Å². The summed E-state index contributed by atoms with van der Waals surface area (Å²) in [5.74, 6) is 0.236. The molecule has 0 radical (unpaired) electrons. The van der Waals surface area contributed by atoms with Gasteiger partial charge < -0.3 is 18.4 Å². The summed E-state index contributed by atoms with van der Waals surface area (Å²) in [5.41, 5.74) is 5.65. The Labute approximate surface area is 507 Å². The number of hydrogen-bond donors (Lipinski definition) is 0. The van der Waals surface area contributed by atoms with Crippen molar-refractivity contribution in [2.75, 3.05) is 13.2 Å². The molecular weight excluding hydrogens is 1250 g/mol. The topological polar surface area (TPSA) is 140 Å². The molecule has 3 aliphatic carbocycles. The minimum absolute atomic E-state index is 0.0392. The van der Waals surface area contributed by atoms with Gasteiger partial charge in [0.05, 0.1) is 38.8 Å². The fourth-order valence-corrected chi connectivity index (χ4v) is 28.0. The molecule has 6 aromatic rings. The Morgan fingerprint density at radius 1 is 0.568 bits per heavy atom. The van der Waals surface area contributed by atoms with Crippen molar-refractivity contribution >= 4 is 113 Å². The number of hydrogen-bond acceptors (Lipinski definition) is 9. The number of unbranched alkanes of at least 4 members (excludes halogenated alkanes) is 3. The van der Waals surface area contributed by atoms with Gasteiger partial charge in [0.25, 0.3) is 16.7 Å². The molecular formula is C64H86BrCl3N6O6Sn. The normalized spacial score (nSPS) is 14.8. The summed E-state index contributed by atoms with van der Waals surface area (Å²) in [6, 6.07) is 5.96. The molecule has 3 aliphatic rings. The molecule has 440 valence electrons. The Bertz CT molecular complexity index is 3360. The first-order valence-electron chi connectivity index (χ1n) is 29.7. The summed E-state index contributed by atoms with van der Waals surface area (Å²) in [4.78, 5) is 62.9. The molecule has 3 fully saturated rings. The summed E-state index contributed by atoms with van der Waals surface area (Å²) in [7, 11) is 0. The molecule has 0 bridgehead atoms. The zero-order valence-electron chi connectivity index (χ0n) is 49.5. The Hall–Kier alpha value is -4.02. The van der Waals surface area contributed by atoms with E-state index in [2.05, 4.69) is 71.7 Å². The smallest absolute Gasteiger partial charge is 0.265 e. The summed E-state index contributed by atoms with van der Waals surface area (Å²) in [6.45, 7) is 27.6. The van der Waals surface area contributed by atoms with Crippen LogP contribution >= 0.6 is 50.7 Å². The maximum absolute atomic E-state index is 13.2. The Morgan fingerprint density at radius 3 is 1.25 bits per heavy atom. The van der Waals surface area contributed by atoms with Gasteiger partial charge in [-0.1, -0.05) is 79.9 Å². The molecule has 6 aromatic heterocycles. The summed E-state index contributed by atoms with van der Waals surface area (Å²) < 4.78 is 23.2. The number of aromatic nitrogens is 6. The van der Waals surface area contributed by atoms with E-state index in [1.54, 1.807) is 48.3 Å². The Kier molecular flexibility index (Phi) is 25.5. The van der Waals surface area contributed by atoms with E-state index in [4.69, 9.17) is 44.3 Å². The van der Waals surface area contributed by atoms with E-state index in [9.17, 15) is 19.2 Å². The van der Waals surface area contributed by atoms with Crippen LogP contribution in [0.3, 0.4) is 0 Å². The van der Waals surface area contributed by atoms with Gasteiger partial charge in [0.15, 0.2) is 5.78 Å².